The van der Waals surface area contributed by atoms with E-state index in [1.807, 2.05) is 0 Å². The van der Waals surface area contributed by atoms with Crippen molar-refractivity contribution in [2.24, 2.45) is 0 Å². The summed E-state index contributed by atoms with van der Waals surface area (Å²) in [5, 5.41) is 2.96. The minimum atomic E-state index is -2.49. The molecule has 1 N–H and O–H groups in total. The van der Waals surface area contributed by atoms with Crippen molar-refractivity contribution in [3.8, 4) is 0 Å². The molecule has 0 aromatic rings. The molecule has 1 aliphatic heterocycles. The van der Waals surface area contributed by atoms with Crippen molar-refractivity contribution >= 4 is 0 Å². The van der Waals surface area contributed by atoms with E-state index in [1.165, 1.54) is 25.7 Å². The molecule has 2 nitrogen and oxygen atoms in total. The maximum Gasteiger partial charge on any atom is 0.261 e. The molecule has 1 saturated heterocycles. The molecule has 0 aromatic carbocycles. The second kappa shape index (κ2) is 5.83. The molecule has 0 aromatic heterocycles. The van der Waals surface area contributed by atoms with Gasteiger partial charge in [-0.3, -0.25) is 4.90 Å². The zero-order chi connectivity index (χ0) is 13.2. The van der Waals surface area contributed by atoms with Crippen molar-refractivity contribution in [1.29, 1.82) is 0 Å². The molecule has 18 heavy (non-hydrogen) atoms. The molecule has 0 spiro atoms. The molecule has 2 rings (SSSR count). The molecule has 1 aliphatic carbocycles. The summed E-state index contributed by atoms with van der Waals surface area (Å²) in [7, 11) is 0. The van der Waals surface area contributed by atoms with Crippen LogP contribution in [0.4, 0.5) is 8.78 Å². The van der Waals surface area contributed by atoms with Crippen molar-refractivity contribution in [2.75, 3.05) is 13.1 Å². The summed E-state index contributed by atoms with van der Waals surface area (Å²) >= 11 is 0. The highest BCUT2D eigenvalue weighted by atomic mass is 19.3. The fraction of sp³-hybridized carbons (Fsp3) is 1.00. The van der Waals surface area contributed by atoms with Crippen LogP contribution in [-0.4, -0.2) is 42.0 Å². The Morgan fingerprint density at radius 3 is 2.44 bits per heavy atom. The van der Waals surface area contributed by atoms with Crippen LogP contribution in [-0.2, 0) is 0 Å². The molecule has 1 unspecified atom stereocenters. The first kappa shape index (κ1) is 14.2. The SMILES string of the molecule is CC(C)N(CCC1CC(F)(F)CN1)C1CCCC1. The largest absolute Gasteiger partial charge is 0.308 e. The fourth-order valence-corrected chi connectivity index (χ4v) is 3.41. The summed E-state index contributed by atoms with van der Waals surface area (Å²) in [5.41, 5.74) is 0. The van der Waals surface area contributed by atoms with Crippen molar-refractivity contribution in [3.05, 3.63) is 0 Å². The first-order valence-electron chi connectivity index (χ1n) is 7.35. The van der Waals surface area contributed by atoms with E-state index in [1.54, 1.807) is 0 Å². The summed E-state index contributed by atoms with van der Waals surface area (Å²) in [6, 6.07) is 1.21. The summed E-state index contributed by atoms with van der Waals surface area (Å²) in [5.74, 6) is -2.49. The Morgan fingerprint density at radius 2 is 1.94 bits per heavy atom. The number of hydrogen-bond donors (Lipinski definition) is 1. The smallest absolute Gasteiger partial charge is 0.261 e. The number of nitrogens with one attached hydrogen (secondary N) is 1. The lowest BCUT2D eigenvalue weighted by Gasteiger charge is -2.33. The summed E-state index contributed by atoms with van der Waals surface area (Å²) < 4.78 is 26.2. The van der Waals surface area contributed by atoms with Crippen molar-refractivity contribution in [1.82, 2.24) is 10.2 Å². The van der Waals surface area contributed by atoms with Gasteiger partial charge in [0, 0.05) is 31.1 Å². The zero-order valence-electron chi connectivity index (χ0n) is 11.6. The first-order chi connectivity index (χ1) is 8.48. The lowest BCUT2D eigenvalue weighted by Crippen LogP contribution is -2.41. The van der Waals surface area contributed by atoms with Gasteiger partial charge in [-0.1, -0.05) is 12.8 Å². The van der Waals surface area contributed by atoms with Crippen LogP contribution < -0.4 is 5.32 Å². The van der Waals surface area contributed by atoms with Crippen LogP contribution in [0.5, 0.6) is 0 Å². The molecule has 1 saturated carbocycles. The molecule has 106 valence electrons. The van der Waals surface area contributed by atoms with Crippen LogP contribution in [0.1, 0.15) is 52.4 Å². The highest BCUT2D eigenvalue weighted by Gasteiger charge is 2.39. The predicted molar refractivity (Wildman–Crippen MR) is 70.1 cm³/mol. The lowest BCUT2D eigenvalue weighted by molar-refractivity contribution is 0.0203. The van der Waals surface area contributed by atoms with Crippen LogP contribution in [0.15, 0.2) is 0 Å². The second-order valence-corrected chi connectivity index (χ2v) is 6.20. The van der Waals surface area contributed by atoms with Crippen LogP contribution in [0.2, 0.25) is 0 Å². The van der Waals surface area contributed by atoms with Gasteiger partial charge in [0.25, 0.3) is 5.92 Å². The number of halogens is 2. The Labute approximate surface area is 109 Å². The molecule has 0 bridgehead atoms. The number of nitrogens with zero attached hydrogens (tertiary/aromatic N) is 1. The first-order valence-corrected chi connectivity index (χ1v) is 7.35. The van der Waals surface area contributed by atoms with E-state index in [0.717, 1.165) is 13.0 Å². The Kier molecular flexibility index (Phi) is 4.59. The summed E-state index contributed by atoms with van der Waals surface area (Å²) in [6.45, 7) is 5.25. The van der Waals surface area contributed by atoms with E-state index in [9.17, 15) is 8.78 Å². The van der Waals surface area contributed by atoms with E-state index in [-0.39, 0.29) is 19.0 Å². The Bertz CT molecular complexity index is 263. The molecule has 1 heterocycles. The molecule has 1 atom stereocenters. The maximum absolute atomic E-state index is 13.1. The van der Waals surface area contributed by atoms with Crippen molar-refractivity contribution < 1.29 is 8.78 Å². The lowest BCUT2D eigenvalue weighted by atomic mass is 10.1. The van der Waals surface area contributed by atoms with E-state index < -0.39 is 5.92 Å². The third-order valence-electron chi connectivity index (χ3n) is 4.39. The number of rotatable bonds is 5. The third kappa shape index (κ3) is 3.64. The zero-order valence-corrected chi connectivity index (χ0v) is 11.6. The van der Waals surface area contributed by atoms with E-state index in [0.29, 0.717) is 12.1 Å². The Balaban J connectivity index is 1.79. The van der Waals surface area contributed by atoms with Gasteiger partial charge in [-0.05, 0) is 33.1 Å². The second-order valence-electron chi connectivity index (χ2n) is 6.20. The molecule has 0 radical (unpaired) electrons. The van der Waals surface area contributed by atoms with E-state index >= 15 is 0 Å². The summed E-state index contributed by atoms with van der Waals surface area (Å²) in [4.78, 5) is 2.52. The third-order valence-corrected chi connectivity index (χ3v) is 4.39. The van der Waals surface area contributed by atoms with Crippen LogP contribution in [0.25, 0.3) is 0 Å². The molecule has 0 amide bonds. The minimum Gasteiger partial charge on any atom is -0.308 e. The van der Waals surface area contributed by atoms with Gasteiger partial charge in [0.15, 0.2) is 0 Å². The number of alkyl halides is 2. The molecular weight excluding hydrogens is 234 g/mol. The van der Waals surface area contributed by atoms with Crippen LogP contribution in [0.3, 0.4) is 0 Å². The molecule has 2 fully saturated rings. The van der Waals surface area contributed by atoms with Crippen molar-refractivity contribution in [2.45, 2.75) is 76.4 Å². The van der Waals surface area contributed by atoms with Gasteiger partial charge in [-0.25, -0.2) is 8.78 Å². The number of hydrogen-bond acceptors (Lipinski definition) is 2. The van der Waals surface area contributed by atoms with Gasteiger partial charge < -0.3 is 5.32 Å². The summed E-state index contributed by atoms with van der Waals surface area (Å²) in [6.07, 6.45) is 6.09. The topological polar surface area (TPSA) is 15.3 Å². The van der Waals surface area contributed by atoms with Gasteiger partial charge >= 0.3 is 0 Å². The quantitative estimate of drug-likeness (QED) is 0.817. The standard InChI is InChI=1S/C14H26F2N2/c1-11(2)18(13-5-3-4-6-13)8-7-12-9-14(15,16)10-17-12/h11-13,17H,3-10H2,1-2H3. The highest BCUT2D eigenvalue weighted by molar-refractivity contribution is 4.89. The predicted octanol–water partition coefficient (Wildman–Crippen LogP) is 3.03. The van der Waals surface area contributed by atoms with Crippen LogP contribution >= 0.6 is 0 Å². The van der Waals surface area contributed by atoms with E-state index in [2.05, 4.69) is 24.1 Å². The molecular formula is C14H26F2N2. The average molecular weight is 260 g/mol. The van der Waals surface area contributed by atoms with Gasteiger partial charge in [0.1, 0.15) is 0 Å². The molecule has 4 heteroatoms. The highest BCUT2D eigenvalue weighted by Crippen LogP contribution is 2.29. The van der Waals surface area contributed by atoms with Gasteiger partial charge in [-0.2, -0.15) is 0 Å². The Morgan fingerprint density at radius 1 is 1.28 bits per heavy atom. The fourth-order valence-electron chi connectivity index (χ4n) is 3.41. The molecule has 2 aliphatic rings. The van der Waals surface area contributed by atoms with E-state index in [4.69, 9.17) is 0 Å². The Hall–Kier alpha value is -0.220. The van der Waals surface area contributed by atoms with Crippen LogP contribution in [0, 0.1) is 0 Å². The van der Waals surface area contributed by atoms with Gasteiger partial charge in [0.2, 0.25) is 0 Å². The van der Waals surface area contributed by atoms with Crippen molar-refractivity contribution in [3.63, 3.8) is 0 Å². The van der Waals surface area contributed by atoms with Gasteiger partial charge in [-0.15, -0.1) is 0 Å². The van der Waals surface area contributed by atoms with Gasteiger partial charge in [0.05, 0.1) is 6.54 Å². The monoisotopic (exact) mass is 260 g/mol. The normalized spacial score (nSPS) is 28.7. The maximum atomic E-state index is 13.1. The minimum absolute atomic E-state index is 0.00246. The average Bonchev–Trinajstić information content (AvgIpc) is 2.88.